The third-order valence-corrected chi connectivity index (χ3v) is 4.90. The zero-order valence-corrected chi connectivity index (χ0v) is 14.8. The van der Waals surface area contributed by atoms with Gasteiger partial charge in [-0.05, 0) is 30.9 Å². The van der Waals surface area contributed by atoms with Crippen LogP contribution in [0.25, 0.3) is 0 Å². The number of aromatic nitrogens is 3. The van der Waals surface area contributed by atoms with Crippen molar-refractivity contribution in [2.75, 3.05) is 43.1 Å². The minimum absolute atomic E-state index is 0.270. The molecule has 2 aromatic heterocycles. The first-order valence-corrected chi connectivity index (χ1v) is 9.30. The molecule has 0 amide bonds. The molecule has 2 aliphatic heterocycles. The molecule has 0 bridgehead atoms. The van der Waals surface area contributed by atoms with Gasteiger partial charge in [-0.2, -0.15) is 4.98 Å². The first-order valence-electron chi connectivity index (χ1n) is 9.30. The number of β-amino-alcohol motifs (C(OH)–C–C–N with tert-alkyl or cyclic N) is 1. The fraction of sp³-hybridized carbons (Fsp3) is 0.526. The van der Waals surface area contributed by atoms with Crippen LogP contribution in [0.1, 0.15) is 30.0 Å². The highest BCUT2D eigenvalue weighted by Gasteiger charge is 2.28. The lowest BCUT2D eigenvalue weighted by atomic mass is 10.0. The van der Waals surface area contributed by atoms with Gasteiger partial charge in [0.1, 0.15) is 5.82 Å². The van der Waals surface area contributed by atoms with Gasteiger partial charge >= 0.3 is 0 Å². The van der Waals surface area contributed by atoms with Gasteiger partial charge in [0.2, 0.25) is 5.95 Å². The lowest BCUT2D eigenvalue weighted by Gasteiger charge is -2.36. The van der Waals surface area contributed by atoms with E-state index in [-0.39, 0.29) is 6.10 Å². The summed E-state index contributed by atoms with van der Waals surface area (Å²) in [4.78, 5) is 15.5. The molecule has 26 heavy (non-hydrogen) atoms. The summed E-state index contributed by atoms with van der Waals surface area (Å²) >= 11 is 0. The van der Waals surface area contributed by atoms with Crippen molar-refractivity contribution >= 4 is 11.8 Å². The van der Waals surface area contributed by atoms with E-state index in [4.69, 9.17) is 9.72 Å². The number of ether oxygens (including phenoxy) is 1. The van der Waals surface area contributed by atoms with Crippen LogP contribution in [-0.2, 0) is 11.2 Å². The Morgan fingerprint density at radius 1 is 1.31 bits per heavy atom. The van der Waals surface area contributed by atoms with Crippen molar-refractivity contribution in [3.05, 3.63) is 41.9 Å². The number of nitrogens with zero attached hydrogens (tertiary/aromatic N) is 4. The number of nitrogens with one attached hydrogen (secondary N) is 1. The monoisotopic (exact) mass is 355 g/mol. The highest BCUT2D eigenvalue weighted by Crippen LogP contribution is 2.28. The summed E-state index contributed by atoms with van der Waals surface area (Å²) in [5.41, 5.74) is 2.28. The Morgan fingerprint density at radius 3 is 2.96 bits per heavy atom. The van der Waals surface area contributed by atoms with Gasteiger partial charge in [0.05, 0.1) is 18.4 Å². The van der Waals surface area contributed by atoms with E-state index in [1.807, 2.05) is 23.2 Å². The van der Waals surface area contributed by atoms with Crippen molar-refractivity contribution < 1.29 is 9.84 Å². The van der Waals surface area contributed by atoms with Gasteiger partial charge < -0.3 is 20.1 Å². The second kappa shape index (κ2) is 7.97. The van der Waals surface area contributed by atoms with Crippen molar-refractivity contribution in [1.29, 1.82) is 0 Å². The van der Waals surface area contributed by atoms with Crippen LogP contribution in [0.5, 0.6) is 0 Å². The smallest absolute Gasteiger partial charge is 0.227 e. The van der Waals surface area contributed by atoms with Gasteiger partial charge in [-0.3, -0.25) is 4.98 Å². The molecule has 7 nitrogen and oxygen atoms in total. The van der Waals surface area contributed by atoms with Crippen molar-refractivity contribution in [3.8, 4) is 0 Å². The van der Waals surface area contributed by atoms with E-state index >= 15 is 0 Å². The SMILES string of the molecule is OC1CN(c2nc(NCCCc3cccnc3)cc([C@@H]3CCOC3)n2)C1. The highest BCUT2D eigenvalue weighted by atomic mass is 16.5. The van der Waals surface area contributed by atoms with Crippen LogP contribution in [-0.4, -0.2) is 59.0 Å². The first kappa shape index (κ1) is 17.2. The summed E-state index contributed by atoms with van der Waals surface area (Å²) in [5, 5.41) is 13.0. The van der Waals surface area contributed by atoms with Gasteiger partial charge in [-0.1, -0.05) is 6.07 Å². The van der Waals surface area contributed by atoms with Crippen molar-refractivity contribution in [1.82, 2.24) is 15.0 Å². The molecule has 0 radical (unpaired) electrons. The topological polar surface area (TPSA) is 83.4 Å². The summed E-state index contributed by atoms with van der Waals surface area (Å²) in [6.45, 7) is 3.56. The fourth-order valence-electron chi connectivity index (χ4n) is 3.34. The van der Waals surface area contributed by atoms with Crippen LogP contribution >= 0.6 is 0 Å². The maximum Gasteiger partial charge on any atom is 0.227 e. The summed E-state index contributed by atoms with van der Waals surface area (Å²) in [6.07, 6.45) is 6.43. The second-order valence-corrected chi connectivity index (χ2v) is 6.99. The van der Waals surface area contributed by atoms with Gasteiger partial charge in [0, 0.05) is 50.6 Å². The highest BCUT2D eigenvalue weighted by molar-refractivity contribution is 5.46. The van der Waals surface area contributed by atoms with Crippen LogP contribution < -0.4 is 10.2 Å². The molecule has 7 heteroatoms. The Bertz CT molecular complexity index is 715. The Kier molecular flexibility index (Phi) is 5.26. The summed E-state index contributed by atoms with van der Waals surface area (Å²) in [7, 11) is 0. The zero-order chi connectivity index (χ0) is 17.8. The van der Waals surface area contributed by atoms with E-state index in [1.165, 1.54) is 5.56 Å². The predicted octanol–water partition coefficient (Wildman–Crippen LogP) is 1.60. The fourth-order valence-corrected chi connectivity index (χ4v) is 3.34. The number of hydrogen-bond donors (Lipinski definition) is 2. The maximum absolute atomic E-state index is 9.57. The van der Waals surface area contributed by atoms with Gasteiger partial charge in [0.25, 0.3) is 0 Å². The Balaban J connectivity index is 1.40. The lowest BCUT2D eigenvalue weighted by molar-refractivity contribution is 0.140. The van der Waals surface area contributed by atoms with Gasteiger partial charge in [-0.25, -0.2) is 4.98 Å². The second-order valence-electron chi connectivity index (χ2n) is 6.99. The first-order chi connectivity index (χ1) is 12.8. The average Bonchev–Trinajstić information content (AvgIpc) is 3.18. The molecule has 138 valence electrons. The Morgan fingerprint density at radius 2 is 2.23 bits per heavy atom. The number of aryl methyl sites for hydroxylation is 1. The van der Waals surface area contributed by atoms with Crippen LogP contribution in [0, 0.1) is 0 Å². The molecule has 0 aromatic carbocycles. The average molecular weight is 355 g/mol. The molecule has 0 unspecified atom stereocenters. The molecule has 2 aliphatic rings. The third-order valence-electron chi connectivity index (χ3n) is 4.90. The quantitative estimate of drug-likeness (QED) is 0.730. The van der Waals surface area contributed by atoms with E-state index in [2.05, 4.69) is 21.4 Å². The molecule has 2 saturated heterocycles. The van der Waals surface area contributed by atoms with E-state index in [0.717, 1.165) is 50.5 Å². The number of rotatable bonds is 7. The van der Waals surface area contributed by atoms with Gasteiger partial charge in [-0.15, -0.1) is 0 Å². The number of aliphatic hydroxyl groups excluding tert-OH is 1. The number of anilines is 2. The molecule has 1 atom stereocenters. The Hall–Kier alpha value is -2.25. The minimum Gasteiger partial charge on any atom is -0.389 e. The summed E-state index contributed by atoms with van der Waals surface area (Å²) in [5.74, 6) is 1.89. The van der Waals surface area contributed by atoms with E-state index in [1.54, 1.807) is 6.20 Å². The van der Waals surface area contributed by atoms with E-state index < -0.39 is 0 Å². The minimum atomic E-state index is -0.270. The predicted molar refractivity (Wildman–Crippen MR) is 99.5 cm³/mol. The normalized spacial score (nSPS) is 20.2. The largest absolute Gasteiger partial charge is 0.389 e. The molecule has 2 fully saturated rings. The zero-order valence-electron chi connectivity index (χ0n) is 14.8. The molecular weight excluding hydrogens is 330 g/mol. The molecule has 2 aromatic rings. The lowest BCUT2D eigenvalue weighted by Crippen LogP contribution is -2.51. The van der Waals surface area contributed by atoms with Gasteiger partial charge in [0.15, 0.2) is 0 Å². The van der Waals surface area contributed by atoms with Crippen LogP contribution in [0.4, 0.5) is 11.8 Å². The summed E-state index contributed by atoms with van der Waals surface area (Å²) in [6, 6.07) is 6.11. The number of aliphatic hydroxyl groups is 1. The molecular formula is C19H25N5O2. The van der Waals surface area contributed by atoms with Crippen LogP contribution in [0.15, 0.2) is 30.6 Å². The number of hydrogen-bond acceptors (Lipinski definition) is 7. The maximum atomic E-state index is 9.57. The number of pyridine rings is 1. The van der Waals surface area contributed by atoms with Crippen molar-refractivity contribution in [3.63, 3.8) is 0 Å². The van der Waals surface area contributed by atoms with Crippen molar-refractivity contribution in [2.45, 2.75) is 31.3 Å². The third kappa shape index (κ3) is 4.11. The van der Waals surface area contributed by atoms with Crippen LogP contribution in [0.2, 0.25) is 0 Å². The summed E-state index contributed by atoms with van der Waals surface area (Å²) < 4.78 is 5.52. The molecule has 0 saturated carbocycles. The standard InChI is InChI=1S/C19H25N5O2/c25-16-11-24(12-16)19-22-17(15-5-8-26-13-15)9-18(23-19)21-7-2-4-14-3-1-6-20-10-14/h1,3,6,9-10,15-16,25H,2,4-5,7-8,11-13H2,(H,21,22,23)/t15-/m1/s1. The molecule has 4 rings (SSSR count). The molecule has 2 N–H and O–H groups in total. The molecule has 0 aliphatic carbocycles. The van der Waals surface area contributed by atoms with E-state index in [0.29, 0.717) is 25.0 Å². The van der Waals surface area contributed by atoms with Crippen LogP contribution in [0.3, 0.4) is 0 Å². The van der Waals surface area contributed by atoms with E-state index in [9.17, 15) is 5.11 Å². The van der Waals surface area contributed by atoms with Crippen molar-refractivity contribution in [2.24, 2.45) is 0 Å². The molecule has 0 spiro atoms. The Labute approximate surface area is 153 Å². The molecule has 4 heterocycles.